The number of nitrogen functional groups attached to an aromatic ring is 1. The summed E-state index contributed by atoms with van der Waals surface area (Å²) < 4.78 is 5.76. The minimum absolute atomic E-state index is 0.122. The summed E-state index contributed by atoms with van der Waals surface area (Å²) in [4.78, 5) is 12.4. The largest absolute Gasteiger partial charge is 0.457 e. The molecule has 0 bridgehead atoms. The van der Waals surface area contributed by atoms with Gasteiger partial charge in [-0.05, 0) is 41.4 Å². The number of aromatic nitrogens is 3. The van der Waals surface area contributed by atoms with Crippen LogP contribution in [0.1, 0.15) is 5.69 Å². The van der Waals surface area contributed by atoms with Crippen molar-refractivity contribution in [3.8, 4) is 28.8 Å². The maximum atomic E-state index is 8.93. The van der Waals surface area contributed by atoms with Crippen LogP contribution in [0.25, 0.3) is 11.3 Å². The molecular formula is C22H15BN6O. The van der Waals surface area contributed by atoms with Crippen molar-refractivity contribution in [2.45, 2.75) is 0 Å². The highest BCUT2D eigenvalue weighted by Crippen LogP contribution is 2.25. The zero-order chi connectivity index (χ0) is 20.9. The van der Waals surface area contributed by atoms with Crippen LogP contribution in [0.2, 0.25) is 0 Å². The second-order valence-electron chi connectivity index (χ2n) is 6.30. The Morgan fingerprint density at radius 3 is 2.47 bits per heavy atom. The number of nitrogens with zero attached hydrogens (tertiary/aromatic N) is 4. The van der Waals surface area contributed by atoms with Crippen LogP contribution in [-0.2, 0) is 0 Å². The van der Waals surface area contributed by atoms with Crippen molar-refractivity contribution in [1.82, 2.24) is 15.0 Å². The van der Waals surface area contributed by atoms with E-state index in [9.17, 15) is 0 Å². The van der Waals surface area contributed by atoms with Crippen LogP contribution in [0.3, 0.4) is 0 Å². The molecule has 4 aromatic rings. The van der Waals surface area contributed by atoms with Gasteiger partial charge in [-0.3, -0.25) is 0 Å². The highest BCUT2D eigenvalue weighted by atomic mass is 16.5. The number of nitrogens with one attached hydrogen (secondary N) is 1. The molecule has 30 heavy (non-hydrogen) atoms. The predicted molar refractivity (Wildman–Crippen MR) is 116 cm³/mol. The van der Waals surface area contributed by atoms with Crippen molar-refractivity contribution >= 4 is 30.8 Å². The van der Waals surface area contributed by atoms with E-state index in [1.807, 2.05) is 48.5 Å². The third-order valence-electron chi connectivity index (χ3n) is 4.21. The van der Waals surface area contributed by atoms with Crippen molar-refractivity contribution in [3.05, 3.63) is 78.6 Å². The molecule has 0 atom stereocenters. The highest BCUT2D eigenvalue weighted by molar-refractivity contribution is 6.38. The second kappa shape index (κ2) is 8.33. The Balaban J connectivity index is 1.55. The third kappa shape index (κ3) is 4.21. The van der Waals surface area contributed by atoms with Gasteiger partial charge in [-0.1, -0.05) is 30.3 Å². The van der Waals surface area contributed by atoms with Crippen LogP contribution in [0.4, 0.5) is 17.5 Å². The van der Waals surface area contributed by atoms with E-state index in [0.29, 0.717) is 28.5 Å². The molecule has 0 amide bonds. The van der Waals surface area contributed by atoms with E-state index in [0.717, 1.165) is 11.3 Å². The fraction of sp³-hybridized carbons (Fsp3) is 0. The SMILES string of the molecule is [B]c1c(Nc2ccc(Oc3ccnc(C#N)c3)cc2)nc(N)nc1-c1ccccc1. The first-order valence-electron chi connectivity index (χ1n) is 9.02. The second-order valence-corrected chi connectivity index (χ2v) is 6.30. The molecule has 3 N–H and O–H groups in total. The first kappa shape index (κ1) is 19.0. The summed E-state index contributed by atoms with van der Waals surface area (Å²) in [6, 6.07) is 22.0. The van der Waals surface area contributed by atoms with Crippen molar-refractivity contribution < 1.29 is 4.74 Å². The Bertz CT molecular complexity index is 1220. The zero-order valence-corrected chi connectivity index (χ0v) is 15.8. The van der Waals surface area contributed by atoms with Crippen LogP contribution >= 0.6 is 0 Å². The summed E-state index contributed by atoms with van der Waals surface area (Å²) in [5.74, 6) is 1.68. The van der Waals surface area contributed by atoms with Crippen LogP contribution in [0, 0.1) is 11.3 Å². The van der Waals surface area contributed by atoms with Crippen LogP contribution < -0.4 is 21.3 Å². The normalized spacial score (nSPS) is 10.2. The molecule has 0 aliphatic rings. The number of rotatable bonds is 5. The lowest BCUT2D eigenvalue weighted by Crippen LogP contribution is -2.18. The molecule has 4 rings (SSSR count). The monoisotopic (exact) mass is 390 g/mol. The lowest BCUT2D eigenvalue weighted by molar-refractivity contribution is 0.482. The Morgan fingerprint density at radius 1 is 0.967 bits per heavy atom. The van der Waals surface area contributed by atoms with Gasteiger partial charge in [0.1, 0.15) is 36.9 Å². The summed E-state index contributed by atoms with van der Waals surface area (Å²) in [5.41, 5.74) is 8.74. The highest BCUT2D eigenvalue weighted by Gasteiger charge is 2.11. The Hall–Kier alpha value is -4.38. The molecule has 2 aromatic carbocycles. The maximum Gasteiger partial charge on any atom is 0.222 e. The smallest absolute Gasteiger partial charge is 0.222 e. The van der Waals surface area contributed by atoms with Crippen molar-refractivity contribution in [2.75, 3.05) is 11.1 Å². The summed E-state index contributed by atoms with van der Waals surface area (Å²) in [7, 11) is 6.29. The maximum absolute atomic E-state index is 8.93. The first-order chi connectivity index (χ1) is 14.6. The van der Waals surface area contributed by atoms with Gasteiger partial charge < -0.3 is 15.8 Å². The van der Waals surface area contributed by atoms with E-state index in [1.54, 1.807) is 24.3 Å². The minimum atomic E-state index is 0.122. The lowest BCUT2D eigenvalue weighted by atomic mass is 9.91. The number of benzene rings is 2. The van der Waals surface area contributed by atoms with Gasteiger partial charge in [-0.2, -0.15) is 10.2 Å². The molecule has 0 aliphatic heterocycles. The summed E-state index contributed by atoms with van der Waals surface area (Å²) in [6.07, 6.45) is 1.52. The Morgan fingerprint density at radius 2 is 1.73 bits per heavy atom. The van der Waals surface area contributed by atoms with Crippen molar-refractivity contribution in [1.29, 1.82) is 5.26 Å². The fourth-order valence-corrected chi connectivity index (χ4v) is 2.81. The number of hydrogen-bond acceptors (Lipinski definition) is 7. The van der Waals surface area contributed by atoms with Gasteiger partial charge in [0.05, 0.1) is 5.69 Å². The minimum Gasteiger partial charge on any atom is -0.457 e. The molecule has 0 spiro atoms. The van der Waals surface area contributed by atoms with Gasteiger partial charge in [0, 0.05) is 18.0 Å². The number of nitriles is 1. The topological polar surface area (TPSA) is 110 Å². The van der Waals surface area contributed by atoms with E-state index in [-0.39, 0.29) is 11.6 Å². The molecular weight excluding hydrogens is 375 g/mol. The average Bonchev–Trinajstić information content (AvgIpc) is 2.78. The summed E-state index contributed by atoms with van der Waals surface area (Å²) in [5, 5.41) is 12.1. The predicted octanol–water partition coefficient (Wildman–Crippen LogP) is 3.32. The number of nitrogens with two attached hydrogens (primary N) is 1. The fourth-order valence-electron chi connectivity index (χ4n) is 2.81. The molecule has 2 heterocycles. The van der Waals surface area contributed by atoms with E-state index in [1.165, 1.54) is 6.20 Å². The number of anilines is 3. The molecule has 2 aromatic heterocycles. The average molecular weight is 390 g/mol. The first-order valence-corrected chi connectivity index (χ1v) is 9.02. The van der Waals surface area contributed by atoms with E-state index < -0.39 is 0 Å². The Labute approximate surface area is 174 Å². The molecule has 2 radical (unpaired) electrons. The van der Waals surface area contributed by atoms with Crippen LogP contribution in [-0.4, -0.2) is 22.8 Å². The van der Waals surface area contributed by atoms with Gasteiger partial charge in [-0.25, -0.2) is 9.97 Å². The van der Waals surface area contributed by atoms with Crippen molar-refractivity contribution in [2.24, 2.45) is 0 Å². The molecule has 0 unspecified atom stereocenters. The van der Waals surface area contributed by atoms with E-state index in [2.05, 4.69) is 20.3 Å². The number of hydrogen-bond donors (Lipinski definition) is 2. The lowest BCUT2D eigenvalue weighted by Gasteiger charge is -2.14. The molecule has 7 nitrogen and oxygen atoms in total. The van der Waals surface area contributed by atoms with Gasteiger partial charge in [0.15, 0.2) is 0 Å². The van der Waals surface area contributed by atoms with E-state index in [4.69, 9.17) is 23.6 Å². The third-order valence-corrected chi connectivity index (χ3v) is 4.21. The standard InChI is InChI=1S/C22H15BN6O/c23-19-20(14-4-2-1-3-5-14)28-22(25)29-21(19)27-15-6-8-17(9-7-15)30-18-10-11-26-16(12-18)13-24/h1-12H,(H3,25,27,28,29). The van der Waals surface area contributed by atoms with Gasteiger partial charge in [0.2, 0.25) is 5.95 Å². The number of ether oxygens (including phenoxy) is 1. The molecule has 142 valence electrons. The van der Waals surface area contributed by atoms with Gasteiger partial charge >= 0.3 is 0 Å². The zero-order valence-electron chi connectivity index (χ0n) is 15.8. The Kier molecular flexibility index (Phi) is 5.26. The molecule has 0 saturated heterocycles. The van der Waals surface area contributed by atoms with Crippen LogP contribution in [0.5, 0.6) is 11.5 Å². The summed E-state index contributed by atoms with van der Waals surface area (Å²) in [6.45, 7) is 0. The van der Waals surface area contributed by atoms with Gasteiger partial charge in [-0.15, -0.1) is 0 Å². The molecule has 0 aliphatic carbocycles. The van der Waals surface area contributed by atoms with Gasteiger partial charge in [0.25, 0.3) is 0 Å². The summed E-state index contributed by atoms with van der Waals surface area (Å²) >= 11 is 0. The van der Waals surface area contributed by atoms with E-state index >= 15 is 0 Å². The van der Waals surface area contributed by atoms with Crippen molar-refractivity contribution in [3.63, 3.8) is 0 Å². The number of pyridine rings is 1. The quantitative estimate of drug-likeness (QED) is 0.503. The van der Waals surface area contributed by atoms with Crippen LogP contribution in [0.15, 0.2) is 72.9 Å². The molecule has 0 fully saturated rings. The molecule has 8 heteroatoms. The molecule has 0 saturated carbocycles.